The second-order valence-electron chi connectivity index (χ2n) is 2.00. The third kappa shape index (κ3) is 1.59. The van der Waals surface area contributed by atoms with Crippen molar-refractivity contribution in [1.82, 2.24) is 10.6 Å². The molecule has 0 radical (unpaired) electrons. The van der Waals surface area contributed by atoms with E-state index in [1.807, 2.05) is 0 Å². The van der Waals surface area contributed by atoms with Gasteiger partial charge in [0.2, 0.25) is 0 Å². The van der Waals surface area contributed by atoms with E-state index in [2.05, 4.69) is 27.6 Å². The number of nitrogens with one attached hydrogen (secondary N) is 2. The molecule has 2 amide bonds. The van der Waals surface area contributed by atoms with Crippen LogP contribution < -0.4 is 10.6 Å². The van der Waals surface area contributed by atoms with Crippen LogP contribution in [0.3, 0.4) is 0 Å². The number of hydrogen-bond donors (Lipinski definition) is 2. The molecule has 0 aromatic carbocycles. The molecule has 6 heteroatoms. The number of thiocarbonyl (C=S) groups is 1. The maximum atomic E-state index is 11.0. The van der Waals surface area contributed by atoms with E-state index in [1.165, 1.54) is 7.11 Å². The van der Waals surface area contributed by atoms with Crippen molar-refractivity contribution in [3.8, 4) is 0 Å². The molecule has 0 spiro atoms. The van der Waals surface area contributed by atoms with E-state index in [4.69, 9.17) is 0 Å². The lowest BCUT2D eigenvalue weighted by Gasteiger charge is -2.15. The van der Waals surface area contributed by atoms with Crippen molar-refractivity contribution in [3.63, 3.8) is 0 Å². The molecule has 1 fully saturated rings. The van der Waals surface area contributed by atoms with E-state index in [0.29, 0.717) is 0 Å². The van der Waals surface area contributed by atoms with Gasteiger partial charge < -0.3 is 4.74 Å². The van der Waals surface area contributed by atoms with Crippen LogP contribution in [-0.2, 0) is 14.3 Å². The van der Waals surface area contributed by atoms with E-state index in [1.54, 1.807) is 0 Å². The molecule has 2 N–H and O–H groups in total. The maximum absolute atomic E-state index is 11.0. The van der Waals surface area contributed by atoms with Gasteiger partial charge in [0.25, 0.3) is 11.8 Å². The van der Waals surface area contributed by atoms with Crippen molar-refractivity contribution in [2.24, 2.45) is 0 Å². The van der Waals surface area contributed by atoms with Crippen molar-refractivity contribution in [3.05, 3.63) is 11.8 Å². The van der Waals surface area contributed by atoms with Gasteiger partial charge in [0.05, 0.1) is 7.11 Å². The summed E-state index contributed by atoms with van der Waals surface area (Å²) in [5.41, 5.74) is -0.0916. The molecule has 5 nitrogen and oxygen atoms in total. The maximum Gasteiger partial charge on any atom is 0.266 e. The summed E-state index contributed by atoms with van der Waals surface area (Å²) < 4.78 is 4.53. The zero-order valence-corrected chi connectivity index (χ0v) is 7.03. The first-order chi connectivity index (χ1) is 5.65. The molecule has 0 atom stereocenters. The van der Waals surface area contributed by atoms with Crippen molar-refractivity contribution < 1.29 is 14.3 Å². The third-order valence-electron chi connectivity index (χ3n) is 1.18. The molecule has 64 valence electrons. The largest absolute Gasteiger partial charge is 0.503 e. The average Bonchev–Trinajstić information content (AvgIpc) is 1.96. The minimum Gasteiger partial charge on any atom is -0.503 e. The van der Waals surface area contributed by atoms with Crippen LogP contribution in [0.4, 0.5) is 0 Å². The molecule has 0 unspecified atom stereocenters. The van der Waals surface area contributed by atoms with Gasteiger partial charge in [0.15, 0.2) is 5.11 Å². The third-order valence-corrected chi connectivity index (χ3v) is 1.38. The molecular formula is C6H6N2O3S. The Bertz CT molecular complexity index is 263. The summed E-state index contributed by atoms with van der Waals surface area (Å²) in [4.78, 5) is 22.0. The summed E-state index contributed by atoms with van der Waals surface area (Å²) in [7, 11) is 1.35. The highest BCUT2D eigenvalue weighted by Gasteiger charge is 2.25. The molecular weight excluding hydrogens is 180 g/mol. The van der Waals surface area contributed by atoms with Gasteiger partial charge in [-0.15, -0.1) is 0 Å². The molecule has 1 heterocycles. The van der Waals surface area contributed by atoms with Gasteiger partial charge in [-0.1, -0.05) is 0 Å². The molecule has 0 bridgehead atoms. The van der Waals surface area contributed by atoms with Crippen LogP contribution in [0.1, 0.15) is 0 Å². The summed E-state index contributed by atoms with van der Waals surface area (Å²) in [6.07, 6.45) is 1.06. The normalized spacial score (nSPS) is 16.8. The van der Waals surface area contributed by atoms with Crippen molar-refractivity contribution in [2.45, 2.75) is 0 Å². The van der Waals surface area contributed by atoms with Crippen molar-refractivity contribution in [2.75, 3.05) is 7.11 Å². The molecule has 1 saturated heterocycles. The quantitative estimate of drug-likeness (QED) is 0.240. The Labute approximate surface area is 73.8 Å². The summed E-state index contributed by atoms with van der Waals surface area (Å²) in [5.74, 6) is -1.10. The average molecular weight is 186 g/mol. The monoisotopic (exact) mass is 186 g/mol. The Morgan fingerprint density at radius 2 is 1.83 bits per heavy atom. The van der Waals surface area contributed by atoms with Gasteiger partial charge in [-0.3, -0.25) is 20.2 Å². The van der Waals surface area contributed by atoms with Gasteiger partial charge in [0, 0.05) is 0 Å². The Balaban J connectivity index is 2.88. The molecule has 1 aliphatic rings. The molecule has 1 aliphatic heterocycles. The zero-order valence-electron chi connectivity index (χ0n) is 6.21. The number of rotatable bonds is 1. The van der Waals surface area contributed by atoms with E-state index in [9.17, 15) is 9.59 Å². The summed E-state index contributed by atoms with van der Waals surface area (Å²) in [5, 5.41) is 4.53. The lowest BCUT2D eigenvalue weighted by atomic mass is 10.2. The topological polar surface area (TPSA) is 67.4 Å². The van der Waals surface area contributed by atoms with Gasteiger partial charge >= 0.3 is 0 Å². The van der Waals surface area contributed by atoms with Crippen LogP contribution in [0, 0.1) is 0 Å². The highest BCUT2D eigenvalue weighted by molar-refractivity contribution is 7.80. The Morgan fingerprint density at radius 3 is 2.25 bits per heavy atom. The van der Waals surface area contributed by atoms with Crippen molar-refractivity contribution >= 4 is 29.1 Å². The molecule has 1 rings (SSSR count). The van der Waals surface area contributed by atoms with Gasteiger partial charge in [-0.05, 0) is 12.2 Å². The Kier molecular flexibility index (Phi) is 2.39. The van der Waals surface area contributed by atoms with Gasteiger partial charge in [0.1, 0.15) is 11.8 Å². The zero-order chi connectivity index (χ0) is 9.14. The van der Waals surface area contributed by atoms with Crippen molar-refractivity contribution in [1.29, 1.82) is 0 Å². The molecule has 0 aliphatic carbocycles. The van der Waals surface area contributed by atoms with E-state index in [0.717, 1.165) is 6.26 Å². The molecule has 0 aromatic rings. The Hall–Kier alpha value is -1.43. The van der Waals surface area contributed by atoms with Gasteiger partial charge in [-0.25, -0.2) is 0 Å². The van der Waals surface area contributed by atoms with Crippen LogP contribution in [0.25, 0.3) is 0 Å². The van der Waals surface area contributed by atoms with Crippen LogP contribution in [0.5, 0.6) is 0 Å². The van der Waals surface area contributed by atoms with Crippen LogP contribution in [0.2, 0.25) is 0 Å². The predicted molar refractivity (Wildman–Crippen MR) is 44.0 cm³/mol. The first-order valence-electron chi connectivity index (χ1n) is 3.04. The smallest absolute Gasteiger partial charge is 0.266 e. The van der Waals surface area contributed by atoms with Crippen LogP contribution in [-0.4, -0.2) is 24.0 Å². The lowest BCUT2D eigenvalue weighted by molar-refractivity contribution is -0.123. The van der Waals surface area contributed by atoms with Crippen LogP contribution in [0.15, 0.2) is 11.8 Å². The SMILES string of the molecule is COC=C1C(=O)NC(=S)NC1=O. The second-order valence-corrected chi connectivity index (χ2v) is 2.41. The molecule has 0 saturated carbocycles. The number of carbonyl (C=O) groups is 2. The molecule has 12 heavy (non-hydrogen) atoms. The number of methoxy groups -OCH3 is 1. The minimum absolute atomic E-state index is 0.0123. The number of hydrogen-bond acceptors (Lipinski definition) is 4. The first kappa shape index (κ1) is 8.66. The summed E-state index contributed by atoms with van der Waals surface area (Å²) in [6, 6.07) is 0. The number of ether oxygens (including phenoxy) is 1. The Morgan fingerprint density at radius 1 is 1.33 bits per heavy atom. The lowest BCUT2D eigenvalue weighted by Crippen LogP contribution is -2.51. The summed E-state index contributed by atoms with van der Waals surface area (Å²) >= 11 is 4.56. The van der Waals surface area contributed by atoms with Gasteiger partial charge in [-0.2, -0.15) is 0 Å². The number of carbonyl (C=O) groups excluding carboxylic acids is 2. The second kappa shape index (κ2) is 3.31. The van der Waals surface area contributed by atoms with E-state index in [-0.39, 0.29) is 10.7 Å². The fraction of sp³-hybridized carbons (Fsp3) is 0.167. The fourth-order valence-electron chi connectivity index (χ4n) is 0.700. The number of amides is 2. The highest BCUT2D eigenvalue weighted by Crippen LogP contribution is 1.99. The fourth-order valence-corrected chi connectivity index (χ4v) is 0.886. The first-order valence-corrected chi connectivity index (χ1v) is 3.45. The highest BCUT2D eigenvalue weighted by atomic mass is 32.1. The molecule has 0 aromatic heterocycles. The van der Waals surface area contributed by atoms with E-state index < -0.39 is 11.8 Å². The van der Waals surface area contributed by atoms with E-state index >= 15 is 0 Å². The summed E-state index contributed by atoms with van der Waals surface area (Å²) in [6.45, 7) is 0. The van der Waals surface area contributed by atoms with Crippen LogP contribution >= 0.6 is 12.2 Å². The standard InChI is InChI=1S/C6H6N2O3S/c1-11-2-3-4(9)7-6(12)8-5(3)10/h2H,1H3,(H2,7,8,9,10,12). The predicted octanol–water partition coefficient (Wildman–Crippen LogP) is -0.952. The minimum atomic E-state index is -0.550.